The van der Waals surface area contributed by atoms with Crippen molar-refractivity contribution in [1.82, 2.24) is 10.3 Å². The SMILES string of the molecule is CSCC[C@H](NC(=O)C=Cc1nc2ccccc2s1)C(=O)O. The van der Waals surface area contributed by atoms with Crippen LogP contribution in [0.3, 0.4) is 0 Å². The van der Waals surface area contributed by atoms with Crippen LogP contribution in [0.15, 0.2) is 30.3 Å². The number of hydrogen-bond acceptors (Lipinski definition) is 5. The first-order chi connectivity index (χ1) is 10.6. The van der Waals surface area contributed by atoms with E-state index in [0.29, 0.717) is 17.2 Å². The van der Waals surface area contributed by atoms with Gasteiger partial charge in [-0.05, 0) is 36.6 Å². The molecular formula is C15H16N2O3S2. The van der Waals surface area contributed by atoms with Crippen LogP contribution in [0.2, 0.25) is 0 Å². The molecule has 0 fully saturated rings. The number of fused-ring (bicyclic) bond motifs is 1. The highest BCUT2D eigenvalue weighted by Crippen LogP contribution is 2.22. The fourth-order valence-electron chi connectivity index (χ4n) is 1.82. The Balaban J connectivity index is 1.99. The van der Waals surface area contributed by atoms with Crippen LogP contribution in [0.1, 0.15) is 11.4 Å². The van der Waals surface area contributed by atoms with Crippen LogP contribution in [0.4, 0.5) is 0 Å². The Labute approximate surface area is 136 Å². The maximum Gasteiger partial charge on any atom is 0.326 e. The molecule has 22 heavy (non-hydrogen) atoms. The molecule has 1 heterocycles. The Bertz CT molecular complexity index is 664. The highest BCUT2D eigenvalue weighted by atomic mass is 32.2. The van der Waals surface area contributed by atoms with Crippen LogP contribution in [0.5, 0.6) is 0 Å². The minimum atomic E-state index is -1.02. The van der Waals surface area contributed by atoms with Crippen LogP contribution in [-0.2, 0) is 9.59 Å². The van der Waals surface area contributed by atoms with Crippen molar-refractivity contribution >= 4 is 51.3 Å². The molecule has 2 rings (SSSR count). The van der Waals surface area contributed by atoms with Gasteiger partial charge in [0.15, 0.2) is 0 Å². The second-order valence-corrected chi connectivity index (χ2v) is 6.58. The molecule has 0 radical (unpaired) electrons. The molecule has 0 saturated heterocycles. The smallest absolute Gasteiger partial charge is 0.326 e. The third-order valence-electron chi connectivity index (χ3n) is 2.91. The van der Waals surface area contributed by atoms with E-state index in [2.05, 4.69) is 10.3 Å². The van der Waals surface area contributed by atoms with Crippen molar-refractivity contribution in [3.63, 3.8) is 0 Å². The number of thioether (sulfide) groups is 1. The van der Waals surface area contributed by atoms with E-state index in [1.807, 2.05) is 30.5 Å². The molecule has 1 atom stereocenters. The lowest BCUT2D eigenvalue weighted by Crippen LogP contribution is -2.40. The summed E-state index contributed by atoms with van der Waals surface area (Å²) in [6.07, 6.45) is 5.23. The number of thiazole rings is 1. The van der Waals surface area contributed by atoms with Crippen LogP contribution in [0.25, 0.3) is 16.3 Å². The van der Waals surface area contributed by atoms with Gasteiger partial charge in [0.25, 0.3) is 0 Å². The Morgan fingerprint density at radius 3 is 2.91 bits per heavy atom. The van der Waals surface area contributed by atoms with E-state index in [9.17, 15) is 9.59 Å². The molecule has 1 amide bonds. The van der Waals surface area contributed by atoms with Gasteiger partial charge in [-0.3, -0.25) is 4.79 Å². The van der Waals surface area contributed by atoms with E-state index in [1.54, 1.807) is 17.8 Å². The minimum Gasteiger partial charge on any atom is -0.480 e. The Kier molecular flexibility index (Phi) is 5.97. The van der Waals surface area contributed by atoms with Crippen LogP contribution in [-0.4, -0.2) is 40.0 Å². The van der Waals surface area contributed by atoms with E-state index in [1.165, 1.54) is 17.4 Å². The molecule has 1 aromatic heterocycles. The number of rotatable bonds is 7. The largest absolute Gasteiger partial charge is 0.480 e. The molecule has 0 saturated carbocycles. The average Bonchev–Trinajstić information content (AvgIpc) is 2.92. The van der Waals surface area contributed by atoms with E-state index in [4.69, 9.17) is 5.11 Å². The zero-order valence-corrected chi connectivity index (χ0v) is 13.6. The lowest BCUT2D eigenvalue weighted by molar-refractivity contribution is -0.141. The highest BCUT2D eigenvalue weighted by molar-refractivity contribution is 7.98. The van der Waals surface area contributed by atoms with Crippen molar-refractivity contribution in [2.75, 3.05) is 12.0 Å². The summed E-state index contributed by atoms with van der Waals surface area (Å²) in [7, 11) is 0. The van der Waals surface area contributed by atoms with E-state index < -0.39 is 17.9 Å². The van der Waals surface area contributed by atoms with Crippen molar-refractivity contribution < 1.29 is 14.7 Å². The van der Waals surface area contributed by atoms with Crippen molar-refractivity contribution in [3.8, 4) is 0 Å². The number of carbonyl (C=O) groups excluding carboxylic acids is 1. The monoisotopic (exact) mass is 336 g/mol. The maximum absolute atomic E-state index is 11.8. The zero-order chi connectivity index (χ0) is 15.9. The fraction of sp³-hybridized carbons (Fsp3) is 0.267. The van der Waals surface area contributed by atoms with Gasteiger partial charge in [0, 0.05) is 6.08 Å². The normalized spacial score (nSPS) is 12.6. The molecule has 0 aliphatic heterocycles. The quantitative estimate of drug-likeness (QED) is 0.760. The van der Waals surface area contributed by atoms with Crippen LogP contribution >= 0.6 is 23.1 Å². The predicted octanol–water partition coefficient (Wildman–Crippen LogP) is 2.63. The van der Waals surface area contributed by atoms with Crippen LogP contribution < -0.4 is 5.32 Å². The number of aromatic nitrogens is 1. The van der Waals surface area contributed by atoms with Crippen molar-refractivity contribution in [2.24, 2.45) is 0 Å². The first-order valence-corrected chi connectivity index (χ1v) is 8.87. The number of amides is 1. The molecule has 1 aromatic carbocycles. The summed E-state index contributed by atoms with van der Waals surface area (Å²) in [6.45, 7) is 0. The molecule has 0 unspecified atom stereocenters. The van der Waals surface area contributed by atoms with Crippen molar-refractivity contribution in [3.05, 3.63) is 35.3 Å². The van der Waals surface area contributed by atoms with Gasteiger partial charge >= 0.3 is 5.97 Å². The summed E-state index contributed by atoms with van der Waals surface area (Å²) in [5.74, 6) is -0.762. The van der Waals surface area contributed by atoms with E-state index in [-0.39, 0.29) is 0 Å². The summed E-state index contributed by atoms with van der Waals surface area (Å²) < 4.78 is 1.05. The van der Waals surface area contributed by atoms with Crippen LogP contribution in [0, 0.1) is 0 Å². The molecule has 5 nitrogen and oxygen atoms in total. The minimum absolute atomic E-state index is 0.400. The second kappa shape index (κ2) is 7.95. The number of carboxylic acid groups (broad SMARTS) is 1. The lowest BCUT2D eigenvalue weighted by atomic mass is 10.2. The predicted molar refractivity (Wildman–Crippen MR) is 91.2 cm³/mol. The van der Waals surface area contributed by atoms with Crippen molar-refractivity contribution in [1.29, 1.82) is 0 Å². The van der Waals surface area contributed by atoms with E-state index in [0.717, 1.165) is 10.2 Å². The molecule has 0 bridgehead atoms. The summed E-state index contributed by atoms with van der Waals surface area (Å²) in [5, 5.41) is 12.3. The van der Waals surface area contributed by atoms with Gasteiger partial charge in [-0.25, -0.2) is 9.78 Å². The van der Waals surface area contributed by atoms with Gasteiger partial charge in [-0.15, -0.1) is 11.3 Å². The topological polar surface area (TPSA) is 79.3 Å². The Hall–Kier alpha value is -1.86. The number of aliphatic carboxylic acids is 1. The number of benzene rings is 1. The molecule has 0 spiro atoms. The molecule has 0 aliphatic rings. The number of para-hydroxylation sites is 1. The molecule has 0 aliphatic carbocycles. The Morgan fingerprint density at radius 1 is 1.45 bits per heavy atom. The first-order valence-electron chi connectivity index (χ1n) is 6.66. The molecule has 116 valence electrons. The number of nitrogens with zero attached hydrogens (tertiary/aromatic N) is 1. The number of carboxylic acids is 1. The summed E-state index contributed by atoms with van der Waals surface area (Å²) in [4.78, 5) is 27.3. The van der Waals surface area contributed by atoms with Gasteiger partial charge in [0.2, 0.25) is 5.91 Å². The number of hydrogen-bond donors (Lipinski definition) is 2. The third-order valence-corrected chi connectivity index (χ3v) is 4.56. The average molecular weight is 336 g/mol. The van der Waals surface area contributed by atoms with Gasteiger partial charge in [-0.2, -0.15) is 11.8 Å². The Morgan fingerprint density at radius 2 is 2.23 bits per heavy atom. The summed E-state index contributed by atoms with van der Waals surface area (Å²) in [6, 6.07) is 6.86. The molecule has 7 heteroatoms. The van der Waals surface area contributed by atoms with Crippen molar-refractivity contribution in [2.45, 2.75) is 12.5 Å². The summed E-state index contributed by atoms with van der Waals surface area (Å²) in [5.41, 5.74) is 0.885. The van der Waals surface area contributed by atoms with E-state index >= 15 is 0 Å². The van der Waals surface area contributed by atoms with Gasteiger partial charge < -0.3 is 10.4 Å². The zero-order valence-electron chi connectivity index (χ0n) is 12.0. The summed E-state index contributed by atoms with van der Waals surface area (Å²) >= 11 is 3.03. The third kappa shape index (κ3) is 4.57. The fourth-order valence-corrected chi connectivity index (χ4v) is 3.16. The lowest BCUT2D eigenvalue weighted by Gasteiger charge is -2.11. The van der Waals surface area contributed by atoms with Gasteiger partial charge in [-0.1, -0.05) is 12.1 Å². The maximum atomic E-state index is 11.8. The number of nitrogens with one attached hydrogen (secondary N) is 1. The van der Waals surface area contributed by atoms with Gasteiger partial charge in [0.1, 0.15) is 11.0 Å². The molecule has 2 aromatic rings. The standard InChI is InChI=1S/C15H16N2O3S2/c1-21-9-8-11(15(19)20)16-13(18)6-7-14-17-10-4-2-3-5-12(10)22-14/h2-7,11H,8-9H2,1H3,(H,16,18)(H,19,20)/t11-/m0/s1. The highest BCUT2D eigenvalue weighted by Gasteiger charge is 2.18. The first kappa shape index (κ1) is 16.5. The van der Waals surface area contributed by atoms with Gasteiger partial charge in [0.05, 0.1) is 10.2 Å². The molecule has 2 N–H and O–H groups in total. The second-order valence-electron chi connectivity index (χ2n) is 4.53. The molecular weight excluding hydrogens is 320 g/mol. The number of carbonyl (C=O) groups is 2.